The third kappa shape index (κ3) is 6.02. The summed E-state index contributed by atoms with van der Waals surface area (Å²) < 4.78 is 11.2. The molecule has 1 aromatic heterocycles. The Labute approximate surface area is 198 Å². The number of nitrogens with zero attached hydrogens (tertiary/aromatic N) is 2. The molecule has 0 fully saturated rings. The number of nitrogens with one attached hydrogen (secondary N) is 1. The van der Waals surface area contributed by atoms with Gasteiger partial charge in [0.15, 0.2) is 11.5 Å². The summed E-state index contributed by atoms with van der Waals surface area (Å²) in [6.45, 7) is 0.211. The minimum absolute atomic E-state index is 0.0865. The Hall–Kier alpha value is -2.51. The number of benzene rings is 2. The molecule has 0 saturated carbocycles. The molecule has 1 N–H and O–H groups in total. The third-order valence-corrected chi connectivity index (χ3v) is 5.32. The highest BCUT2D eigenvalue weighted by atomic mass is 35.5. The van der Waals surface area contributed by atoms with Crippen molar-refractivity contribution in [2.75, 3.05) is 7.11 Å². The molecular formula is C21H15Cl4N3O3. The van der Waals surface area contributed by atoms with Crippen LogP contribution in [0.15, 0.2) is 53.8 Å². The number of carbonyl (C=O) groups excluding carboxylic acids is 1. The van der Waals surface area contributed by atoms with Gasteiger partial charge in [-0.15, -0.1) is 0 Å². The average molecular weight is 499 g/mol. The fraction of sp³-hybridized carbons (Fsp3) is 0.0952. The van der Waals surface area contributed by atoms with Crippen molar-refractivity contribution in [3.8, 4) is 11.5 Å². The summed E-state index contributed by atoms with van der Waals surface area (Å²) in [5.74, 6) is 0.267. The highest BCUT2D eigenvalue weighted by Gasteiger charge is 2.13. The Morgan fingerprint density at radius 2 is 1.90 bits per heavy atom. The Morgan fingerprint density at radius 1 is 1.10 bits per heavy atom. The molecule has 6 nitrogen and oxygen atoms in total. The molecule has 31 heavy (non-hydrogen) atoms. The number of hydrogen-bond acceptors (Lipinski definition) is 5. The van der Waals surface area contributed by atoms with Crippen LogP contribution < -0.4 is 14.9 Å². The molecule has 3 rings (SSSR count). The lowest BCUT2D eigenvalue weighted by Gasteiger charge is -2.13. The zero-order valence-corrected chi connectivity index (χ0v) is 19.1. The van der Waals surface area contributed by atoms with Crippen LogP contribution in [0.5, 0.6) is 11.5 Å². The summed E-state index contributed by atoms with van der Waals surface area (Å²) in [7, 11) is 1.49. The van der Waals surface area contributed by atoms with Crippen molar-refractivity contribution in [3.05, 3.63) is 85.6 Å². The van der Waals surface area contributed by atoms with Crippen LogP contribution in [-0.4, -0.2) is 24.2 Å². The fourth-order valence-electron chi connectivity index (χ4n) is 2.52. The molecule has 0 radical (unpaired) electrons. The molecule has 10 heteroatoms. The van der Waals surface area contributed by atoms with Crippen molar-refractivity contribution in [2.45, 2.75) is 6.61 Å². The van der Waals surface area contributed by atoms with Crippen LogP contribution in [0.2, 0.25) is 20.2 Å². The topological polar surface area (TPSA) is 72.8 Å². The highest BCUT2D eigenvalue weighted by molar-refractivity contribution is 6.42. The number of rotatable bonds is 7. The number of pyridine rings is 1. The van der Waals surface area contributed by atoms with Gasteiger partial charge in [-0.1, -0.05) is 52.5 Å². The van der Waals surface area contributed by atoms with E-state index in [4.69, 9.17) is 55.9 Å². The van der Waals surface area contributed by atoms with E-state index in [-0.39, 0.29) is 17.3 Å². The van der Waals surface area contributed by atoms with Gasteiger partial charge < -0.3 is 9.47 Å². The zero-order valence-electron chi connectivity index (χ0n) is 16.0. The van der Waals surface area contributed by atoms with E-state index < -0.39 is 5.91 Å². The van der Waals surface area contributed by atoms with Gasteiger partial charge in [-0.3, -0.25) is 4.79 Å². The molecular weight excluding hydrogens is 484 g/mol. The second-order valence-corrected chi connectivity index (χ2v) is 7.69. The normalized spacial score (nSPS) is 10.9. The van der Waals surface area contributed by atoms with Gasteiger partial charge in [0, 0.05) is 6.20 Å². The SMILES string of the molecule is COc1cc(C=NNC(=O)c2cccnc2Cl)cc(Cl)c1OCc1ccc(Cl)c(Cl)c1. The quantitative estimate of drug-likeness (QED) is 0.244. The molecule has 3 aromatic rings. The van der Waals surface area contributed by atoms with E-state index in [9.17, 15) is 4.79 Å². The molecule has 1 amide bonds. The second-order valence-electron chi connectivity index (χ2n) is 6.11. The lowest BCUT2D eigenvalue weighted by atomic mass is 10.2. The van der Waals surface area contributed by atoms with Crippen molar-refractivity contribution >= 4 is 58.5 Å². The summed E-state index contributed by atoms with van der Waals surface area (Å²) in [5, 5.41) is 5.21. The van der Waals surface area contributed by atoms with E-state index in [1.165, 1.54) is 19.5 Å². The Morgan fingerprint density at radius 3 is 2.61 bits per heavy atom. The van der Waals surface area contributed by atoms with Crippen LogP contribution in [-0.2, 0) is 6.61 Å². The van der Waals surface area contributed by atoms with E-state index in [1.54, 1.807) is 42.5 Å². The number of halogens is 4. The van der Waals surface area contributed by atoms with Gasteiger partial charge in [0.25, 0.3) is 5.91 Å². The van der Waals surface area contributed by atoms with Gasteiger partial charge >= 0.3 is 0 Å². The zero-order chi connectivity index (χ0) is 22.4. The predicted molar refractivity (Wildman–Crippen MR) is 123 cm³/mol. The lowest BCUT2D eigenvalue weighted by Crippen LogP contribution is -2.18. The summed E-state index contributed by atoms with van der Waals surface area (Å²) in [6.07, 6.45) is 2.90. The molecule has 160 valence electrons. The number of hydrogen-bond donors (Lipinski definition) is 1. The monoisotopic (exact) mass is 497 g/mol. The van der Waals surface area contributed by atoms with Gasteiger partial charge in [0.05, 0.1) is 34.0 Å². The summed E-state index contributed by atoms with van der Waals surface area (Å²) >= 11 is 24.2. The van der Waals surface area contributed by atoms with E-state index in [2.05, 4.69) is 15.5 Å². The first-order valence-corrected chi connectivity index (χ1v) is 10.3. The maximum atomic E-state index is 12.1. The van der Waals surface area contributed by atoms with Crippen LogP contribution in [0.3, 0.4) is 0 Å². The maximum Gasteiger partial charge on any atom is 0.274 e. The van der Waals surface area contributed by atoms with E-state index in [0.717, 1.165) is 5.56 Å². The van der Waals surface area contributed by atoms with Crippen molar-refractivity contribution < 1.29 is 14.3 Å². The summed E-state index contributed by atoms with van der Waals surface area (Å²) in [5.41, 5.74) is 3.99. The van der Waals surface area contributed by atoms with Crippen LogP contribution in [0.4, 0.5) is 0 Å². The number of aromatic nitrogens is 1. The van der Waals surface area contributed by atoms with Crippen LogP contribution in [0.1, 0.15) is 21.5 Å². The van der Waals surface area contributed by atoms with Crippen LogP contribution in [0, 0.1) is 0 Å². The van der Waals surface area contributed by atoms with Crippen molar-refractivity contribution in [1.29, 1.82) is 0 Å². The lowest BCUT2D eigenvalue weighted by molar-refractivity contribution is 0.0955. The van der Waals surface area contributed by atoms with E-state index in [1.807, 2.05) is 0 Å². The number of hydrazone groups is 1. The highest BCUT2D eigenvalue weighted by Crippen LogP contribution is 2.37. The number of carbonyl (C=O) groups is 1. The Balaban J connectivity index is 1.71. The van der Waals surface area contributed by atoms with E-state index >= 15 is 0 Å². The van der Waals surface area contributed by atoms with Crippen molar-refractivity contribution in [1.82, 2.24) is 10.4 Å². The molecule has 0 unspecified atom stereocenters. The van der Waals surface area contributed by atoms with E-state index in [0.29, 0.717) is 32.1 Å². The third-order valence-electron chi connectivity index (χ3n) is 4.00. The van der Waals surface area contributed by atoms with Gasteiger partial charge in [-0.25, -0.2) is 10.4 Å². The molecule has 1 heterocycles. The van der Waals surface area contributed by atoms with Gasteiger partial charge in [0.1, 0.15) is 11.8 Å². The number of amides is 1. The molecule has 2 aromatic carbocycles. The standard InChI is InChI=1S/C21H15Cl4N3O3/c1-30-18-9-13(10-27-28-21(29)14-3-2-6-26-20(14)25)8-17(24)19(18)31-11-12-4-5-15(22)16(23)7-12/h2-10H,11H2,1H3,(H,28,29). The van der Waals surface area contributed by atoms with Crippen molar-refractivity contribution in [3.63, 3.8) is 0 Å². The number of methoxy groups -OCH3 is 1. The smallest absolute Gasteiger partial charge is 0.274 e. The molecule has 0 bridgehead atoms. The minimum atomic E-state index is -0.492. The average Bonchev–Trinajstić information content (AvgIpc) is 2.75. The summed E-state index contributed by atoms with van der Waals surface area (Å²) in [6, 6.07) is 11.6. The Kier molecular flexibility index (Phi) is 7.98. The number of ether oxygens (including phenoxy) is 2. The first kappa shape index (κ1) is 23.2. The second kappa shape index (κ2) is 10.7. The van der Waals surface area contributed by atoms with Gasteiger partial charge in [0.2, 0.25) is 0 Å². The fourth-order valence-corrected chi connectivity index (χ4v) is 3.32. The van der Waals surface area contributed by atoms with Crippen LogP contribution >= 0.6 is 46.4 Å². The molecule has 0 aliphatic rings. The molecule has 0 aliphatic carbocycles. The predicted octanol–water partition coefficient (Wildman–Crippen LogP) is 6.05. The van der Waals surface area contributed by atoms with Crippen LogP contribution in [0.25, 0.3) is 0 Å². The Bertz CT molecular complexity index is 1140. The van der Waals surface area contributed by atoms with Gasteiger partial charge in [-0.2, -0.15) is 5.10 Å². The first-order valence-electron chi connectivity index (χ1n) is 8.77. The first-order chi connectivity index (χ1) is 14.9. The molecule has 0 spiro atoms. The van der Waals surface area contributed by atoms with Gasteiger partial charge in [-0.05, 0) is 47.5 Å². The maximum absolute atomic E-state index is 12.1. The summed E-state index contributed by atoms with van der Waals surface area (Å²) in [4.78, 5) is 16.0. The minimum Gasteiger partial charge on any atom is -0.493 e. The largest absolute Gasteiger partial charge is 0.493 e. The molecule has 0 saturated heterocycles. The molecule has 0 aliphatic heterocycles. The van der Waals surface area contributed by atoms with Crippen molar-refractivity contribution in [2.24, 2.45) is 5.10 Å². The molecule has 0 atom stereocenters.